The number of hydrogen-bond donors (Lipinski definition) is 0. The van der Waals surface area contributed by atoms with E-state index in [0.717, 1.165) is 0 Å². The van der Waals surface area contributed by atoms with Crippen LogP contribution in [0.15, 0.2) is 0 Å². The van der Waals surface area contributed by atoms with Gasteiger partial charge in [0.1, 0.15) is 0 Å². The summed E-state index contributed by atoms with van der Waals surface area (Å²) in [4.78, 5) is 0. The van der Waals surface area contributed by atoms with E-state index in [4.69, 9.17) is 0 Å². The summed E-state index contributed by atoms with van der Waals surface area (Å²) in [6.45, 7) is 0. The summed E-state index contributed by atoms with van der Waals surface area (Å²) in [6.07, 6.45) is 8.19. The fraction of sp³-hybridized carbons (Fsp3) is 1.00. The van der Waals surface area contributed by atoms with Crippen LogP contribution in [0.4, 0.5) is 0 Å². The fourth-order valence-corrected chi connectivity index (χ4v) is 6.01. The molecule has 5 aliphatic rings. The average Bonchev–Trinajstić information content (AvgIpc) is 2.70. The van der Waals surface area contributed by atoms with Gasteiger partial charge in [0.25, 0.3) is 0 Å². The zero-order valence-electron chi connectivity index (χ0n) is 8.15. The van der Waals surface area contributed by atoms with Crippen molar-refractivity contribution in [2.45, 2.75) is 32.1 Å². The van der Waals surface area contributed by atoms with E-state index < -0.39 is 0 Å². The molecular weight excluding hydrogens is 156 g/mol. The second-order valence-corrected chi connectivity index (χ2v) is 6.61. The minimum Gasteiger partial charge on any atom is -0.0499 e. The number of hydrogen-bond acceptors (Lipinski definition) is 0. The van der Waals surface area contributed by atoms with Crippen molar-refractivity contribution in [3.63, 3.8) is 0 Å². The fourth-order valence-electron chi connectivity index (χ4n) is 6.01. The Morgan fingerprint density at radius 3 is 2.00 bits per heavy atom. The predicted molar refractivity (Wildman–Crippen MR) is 51.0 cm³/mol. The lowest BCUT2D eigenvalue weighted by atomic mass is 9.54. The van der Waals surface area contributed by atoms with Gasteiger partial charge in [-0.3, -0.25) is 0 Å². The summed E-state index contributed by atoms with van der Waals surface area (Å²) in [5, 5.41) is 0. The molecule has 0 aromatic carbocycles. The topological polar surface area (TPSA) is 0 Å². The van der Waals surface area contributed by atoms with Crippen LogP contribution in [0.1, 0.15) is 32.1 Å². The van der Waals surface area contributed by atoms with Gasteiger partial charge in [0.05, 0.1) is 0 Å². The lowest BCUT2D eigenvalue weighted by molar-refractivity contribution is -0.0280. The first-order valence-corrected chi connectivity index (χ1v) is 6.43. The Hall–Kier alpha value is 0. The van der Waals surface area contributed by atoms with Crippen LogP contribution in [-0.4, -0.2) is 0 Å². The zero-order chi connectivity index (χ0) is 8.15. The molecule has 0 heteroatoms. The van der Waals surface area contributed by atoms with Gasteiger partial charge < -0.3 is 0 Å². The molecule has 70 valence electrons. The van der Waals surface area contributed by atoms with E-state index >= 15 is 0 Å². The van der Waals surface area contributed by atoms with Crippen molar-refractivity contribution in [3.05, 3.63) is 0 Å². The summed E-state index contributed by atoms with van der Waals surface area (Å²) >= 11 is 0. The highest BCUT2D eigenvalue weighted by molar-refractivity contribution is 5.18. The molecule has 0 heterocycles. The van der Waals surface area contributed by atoms with Crippen LogP contribution in [-0.2, 0) is 0 Å². The molecule has 0 nitrogen and oxygen atoms in total. The summed E-state index contributed by atoms with van der Waals surface area (Å²) < 4.78 is 0. The maximum Gasteiger partial charge on any atom is -0.0320 e. The van der Waals surface area contributed by atoms with Crippen molar-refractivity contribution >= 4 is 0 Å². The quantitative estimate of drug-likeness (QED) is 0.529. The SMILES string of the molecule is C1CC2C1CC1C2C2CC3CC3C12. The third-order valence-electron chi connectivity index (χ3n) is 6.57. The molecule has 0 radical (unpaired) electrons. The molecule has 0 saturated heterocycles. The Bertz CT molecular complexity index is 282. The first kappa shape index (κ1) is 6.48. The predicted octanol–water partition coefficient (Wildman–Crippen LogP) is 2.93. The maximum atomic E-state index is 1.67. The van der Waals surface area contributed by atoms with E-state index in [1.807, 2.05) is 0 Å². The molecule has 0 N–H and O–H groups in total. The van der Waals surface area contributed by atoms with E-state index in [1.165, 1.54) is 47.3 Å². The number of fused-ring (bicyclic) bond motifs is 8. The highest BCUT2D eigenvalue weighted by Crippen LogP contribution is 2.76. The van der Waals surface area contributed by atoms with E-state index in [2.05, 4.69) is 0 Å². The average molecular weight is 174 g/mol. The molecule has 5 fully saturated rings. The van der Waals surface area contributed by atoms with Crippen molar-refractivity contribution < 1.29 is 0 Å². The molecule has 5 rings (SSSR count). The molecule has 0 aromatic heterocycles. The summed E-state index contributed by atoms with van der Waals surface area (Å²) in [6, 6.07) is 0. The molecule has 8 atom stereocenters. The first-order chi connectivity index (χ1) is 6.43. The summed E-state index contributed by atoms with van der Waals surface area (Å²) in [5.74, 6) is 9.98. The van der Waals surface area contributed by atoms with Gasteiger partial charge in [-0.1, -0.05) is 0 Å². The van der Waals surface area contributed by atoms with Gasteiger partial charge in [-0.15, -0.1) is 0 Å². The van der Waals surface area contributed by atoms with Gasteiger partial charge >= 0.3 is 0 Å². The summed E-state index contributed by atoms with van der Waals surface area (Å²) in [5.41, 5.74) is 0. The molecule has 0 aliphatic heterocycles. The molecule has 5 aliphatic carbocycles. The second-order valence-electron chi connectivity index (χ2n) is 6.61. The zero-order valence-corrected chi connectivity index (χ0v) is 8.15. The molecular formula is C13H18. The Balaban J connectivity index is 1.54. The van der Waals surface area contributed by atoms with Crippen molar-refractivity contribution in [3.8, 4) is 0 Å². The van der Waals surface area contributed by atoms with Crippen molar-refractivity contribution in [2.75, 3.05) is 0 Å². The molecule has 0 aromatic rings. The highest BCUT2D eigenvalue weighted by Gasteiger charge is 2.70. The third kappa shape index (κ3) is 0.543. The summed E-state index contributed by atoms with van der Waals surface area (Å²) in [7, 11) is 0. The smallest absolute Gasteiger partial charge is 0.0320 e. The van der Waals surface area contributed by atoms with Gasteiger partial charge in [-0.25, -0.2) is 0 Å². The largest absolute Gasteiger partial charge is 0.0499 e. The monoisotopic (exact) mass is 174 g/mol. The van der Waals surface area contributed by atoms with Crippen LogP contribution in [0, 0.1) is 47.3 Å². The minimum absolute atomic E-state index is 1.22. The lowest BCUT2D eigenvalue weighted by Gasteiger charge is -2.50. The van der Waals surface area contributed by atoms with E-state index in [9.17, 15) is 0 Å². The normalized spacial score (nSPS) is 75.7. The van der Waals surface area contributed by atoms with Gasteiger partial charge in [0.2, 0.25) is 0 Å². The van der Waals surface area contributed by atoms with Crippen molar-refractivity contribution in [2.24, 2.45) is 47.3 Å². The molecule has 13 heavy (non-hydrogen) atoms. The van der Waals surface area contributed by atoms with Gasteiger partial charge in [-0.2, -0.15) is 0 Å². The Labute approximate surface area is 80.1 Å². The Morgan fingerprint density at radius 2 is 1.23 bits per heavy atom. The van der Waals surface area contributed by atoms with E-state index in [0.29, 0.717) is 0 Å². The van der Waals surface area contributed by atoms with Crippen LogP contribution in [0.2, 0.25) is 0 Å². The molecule has 0 amide bonds. The Kier molecular flexibility index (Phi) is 0.860. The van der Waals surface area contributed by atoms with Crippen molar-refractivity contribution in [1.82, 2.24) is 0 Å². The van der Waals surface area contributed by atoms with Gasteiger partial charge in [0.15, 0.2) is 0 Å². The standard InChI is InChI=1S/C13H18/c1-2-8-6(1)3-10-12(8)11-5-7-4-9(7)13(10)11/h6-13H,1-5H2. The molecule has 0 spiro atoms. The first-order valence-electron chi connectivity index (χ1n) is 6.43. The van der Waals surface area contributed by atoms with Gasteiger partial charge in [-0.05, 0) is 79.4 Å². The van der Waals surface area contributed by atoms with Crippen LogP contribution >= 0.6 is 0 Å². The van der Waals surface area contributed by atoms with E-state index in [1.54, 1.807) is 32.1 Å². The van der Waals surface area contributed by atoms with Crippen LogP contribution in [0.5, 0.6) is 0 Å². The molecule has 0 bridgehead atoms. The van der Waals surface area contributed by atoms with Crippen molar-refractivity contribution in [1.29, 1.82) is 0 Å². The lowest BCUT2D eigenvalue weighted by Crippen LogP contribution is -2.45. The van der Waals surface area contributed by atoms with E-state index in [-0.39, 0.29) is 0 Å². The Morgan fingerprint density at radius 1 is 0.538 bits per heavy atom. The highest BCUT2D eigenvalue weighted by atomic mass is 14.7. The minimum atomic E-state index is 1.22. The molecule has 5 saturated carbocycles. The van der Waals surface area contributed by atoms with Crippen LogP contribution < -0.4 is 0 Å². The van der Waals surface area contributed by atoms with Crippen LogP contribution in [0.25, 0.3) is 0 Å². The number of rotatable bonds is 0. The maximum absolute atomic E-state index is 1.67. The second kappa shape index (κ2) is 1.73. The van der Waals surface area contributed by atoms with Crippen LogP contribution in [0.3, 0.4) is 0 Å². The molecule has 8 unspecified atom stereocenters. The third-order valence-corrected chi connectivity index (χ3v) is 6.57. The van der Waals surface area contributed by atoms with Gasteiger partial charge in [0, 0.05) is 0 Å².